The zero-order valence-corrected chi connectivity index (χ0v) is 9.84. The minimum Gasteiger partial charge on any atom is -0.312 e. The van der Waals surface area contributed by atoms with Crippen molar-refractivity contribution in [3.8, 4) is 11.1 Å². The smallest absolute Gasteiger partial charge is 0.0568 e. The van der Waals surface area contributed by atoms with Crippen molar-refractivity contribution in [1.29, 1.82) is 0 Å². The van der Waals surface area contributed by atoms with Gasteiger partial charge in [-0.25, -0.2) is 0 Å². The van der Waals surface area contributed by atoms with Gasteiger partial charge < -0.3 is 5.32 Å². The molecule has 0 spiro atoms. The minimum atomic E-state index is 0.777. The van der Waals surface area contributed by atoms with Crippen molar-refractivity contribution >= 4 is 0 Å². The first-order chi connectivity index (χ1) is 8.42. The van der Waals surface area contributed by atoms with Gasteiger partial charge in [-0.05, 0) is 18.4 Å². The van der Waals surface area contributed by atoms with Crippen LogP contribution in [0.25, 0.3) is 11.1 Å². The summed E-state index contributed by atoms with van der Waals surface area (Å²) in [6.45, 7) is 1.96. The number of hydrogen-bond acceptors (Lipinski definition) is 2. The van der Waals surface area contributed by atoms with Crippen LogP contribution in [-0.4, -0.2) is 22.4 Å². The SMILES string of the molecule is c1ccc(-c2cnn(CCNC3CC3)c2)cc1. The molecule has 3 nitrogen and oxygen atoms in total. The maximum Gasteiger partial charge on any atom is 0.0568 e. The molecule has 0 saturated heterocycles. The summed E-state index contributed by atoms with van der Waals surface area (Å²) in [4.78, 5) is 0. The average Bonchev–Trinajstić information content (AvgIpc) is 3.07. The van der Waals surface area contributed by atoms with Gasteiger partial charge in [-0.3, -0.25) is 4.68 Å². The molecule has 1 aromatic heterocycles. The van der Waals surface area contributed by atoms with Crippen LogP contribution in [0.15, 0.2) is 42.7 Å². The first-order valence-electron chi connectivity index (χ1n) is 6.23. The van der Waals surface area contributed by atoms with Crippen LogP contribution in [0.5, 0.6) is 0 Å². The van der Waals surface area contributed by atoms with Crippen molar-refractivity contribution in [2.24, 2.45) is 0 Å². The summed E-state index contributed by atoms with van der Waals surface area (Å²) in [6, 6.07) is 11.2. The molecule has 17 heavy (non-hydrogen) atoms. The summed E-state index contributed by atoms with van der Waals surface area (Å²) in [6.07, 6.45) is 6.74. The van der Waals surface area contributed by atoms with Gasteiger partial charge in [-0.15, -0.1) is 0 Å². The zero-order chi connectivity index (χ0) is 11.5. The Hall–Kier alpha value is -1.61. The lowest BCUT2D eigenvalue weighted by atomic mass is 10.1. The van der Waals surface area contributed by atoms with Crippen molar-refractivity contribution < 1.29 is 0 Å². The van der Waals surface area contributed by atoms with Gasteiger partial charge in [-0.1, -0.05) is 30.3 Å². The average molecular weight is 227 g/mol. The van der Waals surface area contributed by atoms with E-state index in [2.05, 4.69) is 40.9 Å². The second-order valence-corrected chi connectivity index (χ2v) is 4.59. The van der Waals surface area contributed by atoms with Crippen LogP contribution in [0.3, 0.4) is 0 Å². The lowest BCUT2D eigenvalue weighted by Gasteiger charge is -2.02. The maximum atomic E-state index is 4.39. The Morgan fingerprint density at radius 1 is 1.18 bits per heavy atom. The molecule has 2 aromatic rings. The minimum absolute atomic E-state index is 0.777. The first-order valence-corrected chi connectivity index (χ1v) is 6.23. The van der Waals surface area contributed by atoms with Gasteiger partial charge in [-0.2, -0.15) is 5.10 Å². The standard InChI is InChI=1S/C14H17N3/c1-2-4-12(5-3-1)13-10-16-17(11-13)9-8-15-14-6-7-14/h1-5,10-11,14-15H,6-9H2. The maximum absolute atomic E-state index is 4.39. The van der Waals surface area contributed by atoms with Crippen LogP contribution in [0.1, 0.15) is 12.8 Å². The van der Waals surface area contributed by atoms with Gasteiger partial charge >= 0.3 is 0 Å². The Labute approximate surface area is 101 Å². The Bertz CT molecular complexity index is 471. The fourth-order valence-electron chi connectivity index (χ4n) is 1.94. The fraction of sp³-hybridized carbons (Fsp3) is 0.357. The van der Waals surface area contributed by atoms with E-state index in [0.717, 1.165) is 19.1 Å². The molecule has 3 heteroatoms. The quantitative estimate of drug-likeness (QED) is 0.849. The van der Waals surface area contributed by atoms with E-state index < -0.39 is 0 Å². The van der Waals surface area contributed by atoms with Gasteiger partial charge in [0, 0.05) is 24.3 Å². The largest absolute Gasteiger partial charge is 0.312 e. The summed E-state index contributed by atoms with van der Waals surface area (Å²) >= 11 is 0. The van der Waals surface area contributed by atoms with Crippen molar-refractivity contribution in [1.82, 2.24) is 15.1 Å². The molecule has 0 atom stereocenters. The molecule has 88 valence electrons. The second-order valence-electron chi connectivity index (χ2n) is 4.59. The third-order valence-electron chi connectivity index (χ3n) is 3.09. The van der Waals surface area contributed by atoms with Crippen LogP contribution >= 0.6 is 0 Å². The molecular formula is C14H17N3. The van der Waals surface area contributed by atoms with E-state index in [1.54, 1.807) is 0 Å². The molecule has 3 rings (SSSR count). The number of benzene rings is 1. The first kappa shape index (κ1) is 10.5. The Kier molecular flexibility index (Phi) is 2.92. The highest BCUT2D eigenvalue weighted by atomic mass is 15.3. The summed E-state index contributed by atoms with van der Waals surface area (Å²) in [5.74, 6) is 0. The van der Waals surface area contributed by atoms with Gasteiger partial charge in [0.15, 0.2) is 0 Å². The number of rotatable bonds is 5. The molecule has 1 heterocycles. The van der Waals surface area contributed by atoms with E-state index in [1.165, 1.54) is 24.0 Å². The number of nitrogens with one attached hydrogen (secondary N) is 1. The van der Waals surface area contributed by atoms with Crippen LogP contribution in [0.2, 0.25) is 0 Å². The summed E-state index contributed by atoms with van der Waals surface area (Å²) in [5.41, 5.74) is 2.42. The van der Waals surface area contributed by atoms with Gasteiger partial charge in [0.05, 0.1) is 12.7 Å². The molecule has 1 saturated carbocycles. The highest BCUT2D eigenvalue weighted by molar-refractivity contribution is 5.61. The molecular weight excluding hydrogens is 210 g/mol. The van der Waals surface area contributed by atoms with Crippen molar-refractivity contribution in [3.63, 3.8) is 0 Å². The predicted octanol–water partition coefficient (Wildman–Crippen LogP) is 2.30. The van der Waals surface area contributed by atoms with E-state index in [-0.39, 0.29) is 0 Å². The summed E-state index contributed by atoms with van der Waals surface area (Å²) in [7, 11) is 0. The fourth-order valence-corrected chi connectivity index (χ4v) is 1.94. The van der Waals surface area contributed by atoms with Gasteiger partial charge in [0.2, 0.25) is 0 Å². The molecule has 1 aliphatic rings. The molecule has 0 radical (unpaired) electrons. The number of nitrogens with zero attached hydrogens (tertiary/aromatic N) is 2. The Morgan fingerprint density at radius 3 is 2.76 bits per heavy atom. The summed E-state index contributed by atoms with van der Waals surface area (Å²) in [5, 5.41) is 7.88. The van der Waals surface area contributed by atoms with Crippen LogP contribution in [-0.2, 0) is 6.54 Å². The van der Waals surface area contributed by atoms with E-state index in [0.29, 0.717) is 0 Å². The van der Waals surface area contributed by atoms with E-state index in [1.807, 2.05) is 16.9 Å². The highest BCUT2D eigenvalue weighted by Gasteiger charge is 2.19. The van der Waals surface area contributed by atoms with E-state index in [9.17, 15) is 0 Å². The van der Waals surface area contributed by atoms with Crippen molar-refractivity contribution in [2.45, 2.75) is 25.4 Å². The topological polar surface area (TPSA) is 29.9 Å². The lowest BCUT2D eigenvalue weighted by Crippen LogP contribution is -2.21. The Morgan fingerprint density at radius 2 is 2.00 bits per heavy atom. The van der Waals surface area contributed by atoms with E-state index >= 15 is 0 Å². The number of hydrogen-bond donors (Lipinski definition) is 1. The third kappa shape index (κ3) is 2.74. The Balaban J connectivity index is 1.61. The third-order valence-corrected chi connectivity index (χ3v) is 3.09. The van der Waals surface area contributed by atoms with Crippen LogP contribution < -0.4 is 5.32 Å². The molecule has 1 aromatic carbocycles. The molecule has 0 amide bonds. The predicted molar refractivity (Wildman–Crippen MR) is 68.7 cm³/mol. The molecule has 1 aliphatic carbocycles. The van der Waals surface area contributed by atoms with Gasteiger partial charge in [0.1, 0.15) is 0 Å². The van der Waals surface area contributed by atoms with E-state index in [4.69, 9.17) is 0 Å². The lowest BCUT2D eigenvalue weighted by molar-refractivity contribution is 0.553. The molecule has 0 bridgehead atoms. The number of aromatic nitrogens is 2. The molecule has 1 N–H and O–H groups in total. The monoisotopic (exact) mass is 227 g/mol. The molecule has 1 fully saturated rings. The molecule has 0 unspecified atom stereocenters. The normalized spacial score (nSPS) is 15.1. The molecule has 0 aliphatic heterocycles. The van der Waals surface area contributed by atoms with Crippen molar-refractivity contribution in [2.75, 3.05) is 6.54 Å². The van der Waals surface area contributed by atoms with Crippen molar-refractivity contribution in [3.05, 3.63) is 42.7 Å². The van der Waals surface area contributed by atoms with Crippen LogP contribution in [0, 0.1) is 0 Å². The second kappa shape index (κ2) is 4.72. The van der Waals surface area contributed by atoms with Crippen LogP contribution in [0.4, 0.5) is 0 Å². The van der Waals surface area contributed by atoms with Gasteiger partial charge in [0.25, 0.3) is 0 Å². The summed E-state index contributed by atoms with van der Waals surface area (Å²) < 4.78 is 2.01. The highest BCUT2D eigenvalue weighted by Crippen LogP contribution is 2.19. The zero-order valence-electron chi connectivity index (χ0n) is 9.84.